The van der Waals surface area contributed by atoms with E-state index >= 15 is 0 Å². The van der Waals surface area contributed by atoms with Crippen molar-refractivity contribution in [2.45, 2.75) is 116 Å². The minimum Gasteiger partial charge on any atom is -0.445 e. The number of nitrogens with one attached hydrogen (secondary N) is 4. The molecule has 2 unspecified atom stereocenters. The Morgan fingerprint density at radius 2 is 1.50 bits per heavy atom. The van der Waals surface area contributed by atoms with Gasteiger partial charge in [0.2, 0.25) is 17.7 Å². The van der Waals surface area contributed by atoms with Gasteiger partial charge < -0.3 is 31.1 Å². The standard InChI is InChI=1S/C42H58N4O6/c1-5-29(4)26-43-39(48)25-38(47)35(22-28(2)3)44-40(49)36(23-30-14-9-10-15-30)45-41(50)37(46-42(51)52-27-31-16-7-6-8-17-31)24-33-20-13-19-32-18-11-12-21-34(32)33/h6-8,11-13,16-21,28-30,35-38,47H,5,9-10,14-15,22-27H2,1-4H3,(H,43,48)(H,44,49)(H,45,50)(H,46,51)/t29?,35-,36?,37-,38-/m0/s1. The lowest BCUT2D eigenvalue weighted by Gasteiger charge is -2.30. The predicted octanol–water partition coefficient (Wildman–Crippen LogP) is 6.19. The van der Waals surface area contributed by atoms with Gasteiger partial charge in [-0.15, -0.1) is 0 Å². The summed E-state index contributed by atoms with van der Waals surface area (Å²) < 4.78 is 5.51. The van der Waals surface area contributed by atoms with Crippen molar-refractivity contribution in [1.29, 1.82) is 0 Å². The summed E-state index contributed by atoms with van der Waals surface area (Å²) in [5.74, 6) is -0.503. The summed E-state index contributed by atoms with van der Waals surface area (Å²) in [7, 11) is 0. The lowest BCUT2D eigenvalue weighted by atomic mass is 9.94. The Labute approximate surface area is 308 Å². The van der Waals surface area contributed by atoms with Crippen LogP contribution in [0.25, 0.3) is 10.8 Å². The quantitative estimate of drug-likeness (QED) is 0.100. The van der Waals surface area contributed by atoms with Crippen LogP contribution in [0.4, 0.5) is 4.79 Å². The summed E-state index contributed by atoms with van der Waals surface area (Å²) in [6, 6.07) is 20.4. The van der Waals surface area contributed by atoms with Crippen molar-refractivity contribution in [3.8, 4) is 0 Å². The first-order valence-electron chi connectivity index (χ1n) is 19.0. The van der Waals surface area contributed by atoms with Crippen molar-refractivity contribution in [1.82, 2.24) is 21.3 Å². The summed E-state index contributed by atoms with van der Waals surface area (Å²) in [6.07, 6.45) is 4.02. The number of ether oxygens (including phenoxy) is 1. The summed E-state index contributed by atoms with van der Waals surface area (Å²) in [5.41, 5.74) is 1.68. The SMILES string of the molecule is CCC(C)CNC(=O)C[C@H](O)[C@H](CC(C)C)NC(=O)C(CC1CCCC1)NC(=O)[C@H](Cc1cccc2ccccc12)NC(=O)OCc1ccccc1. The molecule has 0 aliphatic heterocycles. The lowest BCUT2D eigenvalue weighted by Crippen LogP contribution is -2.57. The molecule has 1 aliphatic carbocycles. The lowest BCUT2D eigenvalue weighted by molar-refractivity contribution is -0.131. The number of hydrogen-bond donors (Lipinski definition) is 5. The van der Waals surface area contributed by atoms with Crippen molar-refractivity contribution in [2.24, 2.45) is 17.8 Å². The Bertz CT molecular complexity index is 1590. The molecule has 3 aromatic rings. The number of benzene rings is 3. The third-order valence-corrected chi connectivity index (χ3v) is 10.1. The van der Waals surface area contributed by atoms with Crippen molar-refractivity contribution >= 4 is 34.6 Å². The topological polar surface area (TPSA) is 146 Å². The van der Waals surface area contributed by atoms with E-state index in [1.54, 1.807) is 0 Å². The van der Waals surface area contributed by atoms with E-state index in [-0.39, 0.29) is 37.2 Å². The van der Waals surface area contributed by atoms with Crippen LogP contribution >= 0.6 is 0 Å². The third kappa shape index (κ3) is 13.0. The fourth-order valence-corrected chi connectivity index (χ4v) is 6.83. The number of aliphatic hydroxyl groups excluding tert-OH is 1. The van der Waals surface area contributed by atoms with Crippen LogP contribution in [0.1, 0.15) is 90.2 Å². The molecule has 282 valence electrons. The number of rotatable bonds is 19. The molecule has 10 heteroatoms. The molecule has 0 bridgehead atoms. The van der Waals surface area contributed by atoms with Gasteiger partial charge in [0.05, 0.1) is 18.6 Å². The van der Waals surface area contributed by atoms with Gasteiger partial charge in [0.15, 0.2) is 0 Å². The molecule has 1 fully saturated rings. The number of amides is 4. The zero-order valence-electron chi connectivity index (χ0n) is 31.2. The molecule has 3 aromatic carbocycles. The molecule has 0 heterocycles. The van der Waals surface area contributed by atoms with E-state index in [2.05, 4.69) is 28.2 Å². The maximum atomic E-state index is 14.2. The van der Waals surface area contributed by atoms with Crippen LogP contribution in [-0.2, 0) is 32.1 Å². The smallest absolute Gasteiger partial charge is 0.408 e. The molecule has 1 saturated carbocycles. The molecule has 0 aromatic heterocycles. The van der Waals surface area contributed by atoms with Gasteiger partial charge in [-0.2, -0.15) is 0 Å². The van der Waals surface area contributed by atoms with Gasteiger partial charge in [0.25, 0.3) is 0 Å². The van der Waals surface area contributed by atoms with Gasteiger partial charge in [-0.05, 0) is 52.5 Å². The number of alkyl carbamates (subject to hydrolysis) is 1. The summed E-state index contributed by atoms with van der Waals surface area (Å²) in [4.78, 5) is 54.1. The minimum atomic E-state index is -1.11. The molecule has 5 atom stereocenters. The van der Waals surface area contributed by atoms with Gasteiger partial charge in [-0.1, -0.05) is 133 Å². The molecule has 0 spiro atoms. The zero-order valence-corrected chi connectivity index (χ0v) is 31.2. The molecule has 4 amide bonds. The van der Waals surface area contributed by atoms with Gasteiger partial charge in [0, 0.05) is 13.0 Å². The van der Waals surface area contributed by atoms with Gasteiger partial charge in [-0.25, -0.2) is 4.79 Å². The Morgan fingerprint density at radius 3 is 2.21 bits per heavy atom. The van der Waals surface area contributed by atoms with Crippen LogP contribution in [-0.4, -0.2) is 59.7 Å². The van der Waals surface area contributed by atoms with Gasteiger partial charge in [0.1, 0.15) is 18.7 Å². The highest BCUT2D eigenvalue weighted by atomic mass is 16.5. The molecule has 52 heavy (non-hydrogen) atoms. The van der Waals surface area contributed by atoms with Crippen LogP contribution < -0.4 is 21.3 Å². The molecule has 1 aliphatic rings. The second-order valence-corrected chi connectivity index (χ2v) is 14.9. The van der Waals surface area contributed by atoms with E-state index in [1.807, 2.05) is 93.6 Å². The van der Waals surface area contributed by atoms with Crippen LogP contribution in [0.3, 0.4) is 0 Å². The fourth-order valence-electron chi connectivity index (χ4n) is 6.83. The van der Waals surface area contributed by atoms with Crippen molar-refractivity contribution in [3.63, 3.8) is 0 Å². The summed E-state index contributed by atoms with van der Waals surface area (Å²) in [6.45, 7) is 8.65. The first-order chi connectivity index (χ1) is 25.0. The van der Waals surface area contributed by atoms with E-state index in [0.29, 0.717) is 25.3 Å². The molecule has 10 nitrogen and oxygen atoms in total. The molecule has 0 radical (unpaired) electrons. The summed E-state index contributed by atoms with van der Waals surface area (Å²) >= 11 is 0. The van der Waals surface area contributed by atoms with Crippen LogP contribution in [0.2, 0.25) is 0 Å². The molecular formula is C42H58N4O6. The summed E-state index contributed by atoms with van der Waals surface area (Å²) in [5, 5.41) is 24.8. The Hall–Kier alpha value is -4.44. The number of carbonyl (C=O) groups is 4. The highest BCUT2D eigenvalue weighted by molar-refractivity contribution is 5.93. The second-order valence-electron chi connectivity index (χ2n) is 14.9. The monoisotopic (exact) mass is 714 g/mol. The average Bonchev–Trinajstić information content (AvgIpc) is 3.65. The second kappa shape index (κ2) is 20.6. The maximum Gasteiger partial charge on any atom is 0.408 e. The highest BCUT2D eigenvalue weighted by Gasteiger charge is 2.33. The maximum absolute atomic E-state index is 14.2. The predicted molar refractivity (Wildman–Crippen MR) is 204 cm³/mol. The van der Waals surface area contributed by atoms with E-state index in [1.165, 1.54) is 0 Å². The average molecular weight is 715 g/mol. The van der Waals surface area contributed by atoms with E-state index in [4.69, 9.17) is 4.74 Å². The first kappa shape index (κ1) is 40.3. The van der Waals surface area contributed by atoms with E-state index in [0.717, 1.165) is 54.0 Å². The molecule has 4 rings (SSSR count). The minimum absolute atomic E-state index is 0.0389. The van der Waals surface area contributed by atoms with Crippen LogP contribution in [0, 0.1) is 17.8 Å². The number of aliphatic hydroxyl groups is 1. The van der Waals surface area contributed by atoms with E-state index in [9.17, 15) is 24.3 Å². The van der Waals surface area contributed by atoms with Crippen molar-refractivity contribution < 1.29 is 29.0 Å². The van der Waals surface area contributed by atoms with Crippen molar-refractivity contribution in [3.05, 3.63) is 83.9 Å². The Kier molecular flexibility index (Phi) is 15.9. The molecule has 5 N–H and O–H groups in total. The normalized spacial score (nSPS) is 16.0. The largest absolute Gasteiger partial charge is 0.445 e. The van der Waals surface area contributed by atoms with Crippen LogP contribution in [0.5, 0.6) is 0 Å². The number of hydrogen-bond acceptors (Lipinski definition) is 6. The Balaban J connectivity index is 1.53. The highest BCUT2D eigenvalue weighted by Crippen LogP contribution is 2.29. The van der Waals surface area contributed by atoms with E-state index < -0.39 is 42.1 Å². The number of fused-ring (bicyclic) bond motifs is 1. The fraction of sp³-hybridized carbons (Fsp3) is 0.524. The number of carbonyl (C=O) groups excluding carboxylic acids is 4. The molecule has 0 saturated heterocycles. The van der Waals surface area contributed by atoms with Gasteiger partial charge in [-0.3, -0.25) is 14.4 Å². The third-order valence-electron chi connectivity index (χ3n) is 10.1. The van der Waals surface area contributed by atoms with Crippen LogP contribution in [0.15, 0.2) is 72.8 Å². The first-order valence-corrected chi connectivity index (χ1v) is 19.0. The Morgan fingerprint density at radius 1 is 0.827 bits per heavy atom. The van der Waals surface area contributed by atoms with Crippen molar-refractivity contribution in [2.75, 3.05) is 6.54 Å². The molecular weight excluding hydrogens is 656 g/mol. The van der Waals surface area contributed by atoms with Gasteiger partial charge >= 0.3 is 6.09 Å². The zero-order chi connectivity index (χ0) is 37.5.